The van der Waals surface area contributed by atoms with Gasteiger partial charge in [-0.15, -0.1) is 11.6 Å². The molecule has 0 saturated carbocycles. The van der Waals surface area contributed by atoms with Gasteiger partial charge in [0.25, 0.3) is 0 Å². The Morgan fingerprint density at radius 1 is 1.45 bits per heavy atom. The van der Waals surface area contributed by atoms with E-state index in [-0.39, 0.29) is 4.83 Å². The van der Waals surface area contributed by atoms with Crippen molar-refractivity contribution < 1.29 is 0 Å². The van der Waals surface area contributed by atoms with Gasteiger partial charge in [0, 0.05) is 4.91 Å². The van der Waals surface area contributed by atoms with Crippen molar-refractivity contribution in [3.8, 4) is 0 Å². The lowest BCUT2D eigenvalue weighted by molar-refractivity contribution is 1.31. The zero-order chi connectivity index (χ0) is 7.84. The third-order valence-corrected chi connectivity index (χ3v) is 2.87. The normalized spacial score (nSPS) is 29.8. The first-order valence-corrected chi connectivity index (χ1v) is 4.76. The van der Waals surface area contributed by atoms with E-state index < -0.39 is 0 Å². The van der Waals surface area contributed by atoms with E-state index >= 15 is 0 Å². The fourth-order valence-corrected chi connectivity index (χ4v) is 2.37. The Bertz CT molecular complexity index is 270. The highest BCUT2D eigenvalue weighted by atomic mass is 35.5. The second kappa shape index (κ2) is 2.85. The van der Waals surface area contributed by atoms with Crippen LogP contribution in [-0.2, 0) is 0 Å². The van der Waals surface area contributed by atoms with Crippen LogP contribution in [0.1, 0.15) is 0 Å². The smallest absolute Gasteiger partial charge is 0.174 e. The van der Waals surface area contributed by atoms with Crippen molar-refractivity contribution in [3.63, 3.8) is 0 Å². The minimum atomic E-state index is -0.177. The number of aliphatic imine (C=N–C) groups is 1. The van der Waals surface area contributed by atoms with Crippen LogP contribution in [0.3, 0.4) is 0 Å². The second-order valence-electron chi connectivity index (χ2n) is 2.15. The summed E-state index contributed by atoms with van der Waals surface area (Å²) in [6, 6.07) is 0. The highest BCUT2D eigenvalue weighted by Crippen LogP contribution is 2.38. The van der Waals surface area contributed by atoms with Gasteiger partial charge < -0.3 is 0 Å². The molecular weight excluding hydrogens is 201 g/mol. The zero-order valence-electron chi connectivity index (χ0n) is 5.42. The van der Waals surface area contributed by atoms with Gasteiger partial charge in [-0.2, -0.15) is 0 Å². The topological polar surface area (TPSA) is 12.4 Å². The molecule has 0 fully saturated rings. The van der Waals surface area contributed by atoms with E-state index in [4.69, 9.17) is 23.2 Å². The van der Waals surface area contributed by atoms with Crippen molar-refractivity contribution in [2.45, 2.75) is 4.83 Å². The van der Waals surface area contributed by atoms with Crippen molar-refractivity contribution in [1.29, 1.82) is 0 Å². The number of nitrogens with zero attached hydrogens (tertiary/aromatic N) is 1. The Morgan fingerprint density at radius 3 is 3.09 bits per heavy atom. The van der Waals surface area contributed by atoms with Crippen molar-refractivity contribution in [2.24, 2.45) is 4.99 Å². The average molecular weight is 205 g/mol. The lowest BCUT2D eigenvalue weighted by Crippen LogP contribution is -1.97. The summed E-state index contributed by atoms with van der Waals surface area (Å²) in [7, 11) is 0. The fourth-order valence-electron chi connectivity index (χ4n) is 0.929. The summed E-state index contributed by atoms with van der Waals surface area (Å²) in [5.74, 6) is 0. The highest BCUT2D eigenvalue weighted by molar-refractivity contribution is 8.06. The van der Waals surface area contributed by atoms with Crippen LogP contribution in [0.4, 0.5) is 0 Å². The van der Waals surface area contributed by atoms with Gasteiger partial charge in [-0.1, -0.05) is 29.4 Å². The van der Waals surface area contributed by atoms with Gasteiger partial charge in [-0.3, -0.25) is 4.99 Å². The largest absolute Gasteiger partial charge is 0.253 e. The molecule has 1 aliphatic carbocycles. The minimum absolute atomic E-state index is 0.177. The zero-order valence-corrected chi connectivity index (χ0v) is 7.75. The van der Waals surface area contributed by atoms with Crippen LogP contribution >= 0.6 is 35.0 Å². The number of allylic oxidation sites excluding steroid dienone is 4. The molecule has 0 spiro atoms. The van der Waals surface area contributed by atoms with Gasteiger partial charge in [-0.25, -0.2) is 0 Å². The summed E-state index contributed by atoms with van der Waals surface area (Å²) in [5.41, 5.74) is 0.944. The number of hydrogen-bond donors (Lipinski definition) is 0. The molecule has 11 heavy (non-hydrogen) atoms. The summed E-state index contributed by atoms with van der Waals surface area (Å²) < 4.78 is 0. The summed E-state index contributed by atoms with van der Waals surface area (Å²) in [6.07, 6.45) is 5.58. The van der Waals surface area contributed by atoms with E-state index in [9.17, 15) is 0 Å². The molecule has 1 aliphatic heterocycles. The molecule has 1 heterocycles. The summed E-state index contributed by atoms with van der Waals surface area (Å²) >= 11 is 13.1. The van der Waals surface area contributed by atoms with E-state index in [1.165, 1.54) is 11.8 Å². The molecule has 1 nitrogen and oxygen atoms in total. The average Bonchev–Trinajstić information content (AvgIpc) is 2.27. The predicted octanol–water partition coefficient (Wildman–Crippen LogP) is 2.92. The molecule has 1 radical (unpaired) electrons. The molecule has 1 atom stereocenters. The Balaban J connectivity index is 2.32. The van der Waals surface area contributed by atoms with Crippen molar-refractivity contribution in [2.75, 3.05) is 0 Å². The maximum atomic E-state index is 5.78. The molecule has 0 aromatic heterocycles. The molecule has 1 unspecified atom stereocenters. The SMILES string of the molecule is Cl[C]1C=CC2=NC(Cl)SC2=C1. The quantitative estimate of drug-likeness (QED) is 0.437. The first-order chi connectivity index (χ1) is 5.25. The lowest BCUT2D eigenvalue weighted by atomic mass is 10.2. The van der Waals surface area contributed by atoms with Crippen molar-refractivity contribution >= 4 is 40.7 Å². The van der Waals surface area contributed by atoms with E-state index in [1.54, 1.807) is 0 Å². The lowest BCUT2D eigenvalue weighted by Gasteiger charge is -2.04. The van der Waals surface area contributed by atoms with Crippen LogP contribution in [0.5, 0.6) is 0 Å². The molecule has 0 aromatic rings. The van der Waals surface area contributed by atoms with E-state index in [0.29, 0.717) is 0 Å². The first-order valence-electron chi connectivity index (χ1n) is 3.07. The molecule has 0 bridgehead atoms. The van der Waals surface area contributed by atoms with Crippen LogP contribution in [0.2, 0.25) is 0 Å². The van der Waals surface area contributed by atoms with Crippen molar-refractivity contribution in [3.05, 3.63) is 28.5 Å². The van der Waals surface area contributed by atoms with E-state index in [2.05, 4.69) is 4.99 Å². The summed E-state index contributed by atoms with van der Waals surface area (Å²) in [4.78, 5) is 5.05. The van der Waals surface area contributed by atoms with E-state index in [1.807, 2.05) is 18.2 Å². The summed E-state index contributed by atoms with van der Waals surface area (Å²) in [6.45, 7) is 0. The van der Waals surface area contributed by atoms with Crippen LogP contribution < -0.4 is 0 Å². The number of halogens is 2. The number of rotatable bonds is 0. The fraction of sp³-hybridized carbons (Fsp3) is 0.143. The van der Waals surface area contributed by atoms with Crippen LogP contribution in [0.15, 0.2) is 28.1 Å². The van der Waals surface area contributed by atoms with Gasteiger partial charge in [0.1, 0.15) is 5.38 Å². The summed E-state index contributed by atoms with van der Waals surface area (Å²) in [5, 5.41) is 0.734. The van der Waals surface area contributed by atoms with Gasteiger partial charge in [0.15, 0.2) is 4.83 Å². The van der Waals surface area contributed by atoms with Gasteiger partial charge in [-0.05, 0) is 12.2 Å². The first kappa shape index (κ1) is 7.71. The highest BCUT2D eigenvalue weighted by Gasteiger charge is 2.22. The maximum Gasteiger partial charge on any atom is 0.174 e. The molecule has 0 amide bonds. The van der Waals surface area contributed by atoms with Gasteiger partial charge in [0.05, 0.1) is 5.71 Å². The van der Waals surface area contributed by atoms with Crippen LogP contribution in [0, 0.1) is 5.38 Å². The molecule has 0 aromatic carbocycles. The Labute approximate surface area is 79.2 Å². The standard InChI is InChI=1S/C7H4Cl2NS/c8-4-1-2-5-6(3-4)11-7(9)10-5/h1-3,7H. The second-order valence-corrected chi connectivity index (χ2v) is 4.38. The minimum Gasteiger partial charge on any atom is -0.253 e. The molecule has 4 heteroatoms. The number of fused-ring (bicyclic) bond motifs is 1. The Morgan fingerprint density at radius 2 is 2.27 bits per heavy atom. The maximum absolute atomic E-state index is 5.78. The molecule has 0 N–H and O–H groups in total. The molecular formula is C7H4Cl2NS. The number of alkyl halides is 1. The van der Waals surface area contributed by atoms with Gasteiger partial charge >= 0.3 is 0 Å². The van der Waals surface area contributed by atoms with Gasteiger partial charge in [0.2, 0.25) is 0 Å². The molecule has 2 aliphatic rings. The van der Waals surface area contributed by atoms with Crippen LogP contribution in [0.25, 0.3) is 0 Å². The third kappa shape index (κ3) is 1.48. The monoisotopic (exact) mass is 204 g/mol. The molecule has 2 rings (SSSR count). The van der Waals surface area contributed by atoms with Crippen LogP contribution in [-0.4, -0.2) is 10.5 Å². The third-order valence-electron chi connectivity index (χ3n) is 1.39. The Hall–Kier alpha value is 0.0800. The number of thioether (sulfide) groups is 1. The van der Waals surface area contributed by atoms with Crippen molar-refractivity contribution in [1.82, 2.24) is 0 Å². The van der Waals surface area contributed by atoms with E-state index in [0.717, 1.165) is 16.0 Å². The molecule has 57 valence electrons. The Kier molecular flexibility index (Phi) is 2.00. The number of hydrogen-bond acceptors (Lipinski definition) is 2. The molecule has 0 saturated heterocycles. The predicted molar refractivity (Wildman–Crippen MR) is 51.0 cm³/mol.